The highest BCUT2D eigenvalue weighted by Crippen LogP contribution is 2.32. The van der Waals surface area contributed by atoms with Crippen molar-refractivity contribution in [3.63, 3.8) is 0 Å². The van der Waals surface area contributed by atoms with Gasteiger partial charge in [-0.15, -0.1) is 0 Å². The van der Waals surface area contributed by atoms with E-state index in [1.807, 2.05) is 55.3 Å². The molecule has 6 heteroatoms. The number of nitrogens with zero attached hydrogens (tertiary/aromatic N) is 4. The number of hydrogen-bond acceptors (Lipinski definition) is 4. The first-order chi connectivity index (χ1) is 13.3. The largest absolute Gasteiger partial charge is 0.338 e. The summed E-state index contributed by atoms with van der Waals surface area (Å²) in [7, 11) is 1.87. The van der Waals surface area contributed by atoms with Crippen molar-refractivity contribution < 1.29 is 4.79 Å². The highest BCUT2D eigenvalue weighted by atomic mass is 16.2. The van der Waals surface area contributed by atoms with Crippen LogP contribution >= 0.6 is 0 Å². The minimum absolute atomic E-state index is 0.0284. The van der Waals surface area contributed by atoms with Crippen LogP contribution in [0.25, 0.3) is 22.3 Å². The molecule has 1 atom stereocenters. The van der Waals surface area contributed by atoms with Crippen molar-refractivity contribution in [3.8, 4) is 11.3 Å². The van der Waals surface area contributed by atoms with Crippen LogP contribution in [-0.4, -0.2) is 44.7 Å². The smallest absolute Gasteiger partial charge is 0.254 e. The number of rotatable bonds is 2. The molecule has 2 N–H and O–H groups in total. The fourth-order valence-corrected chi connectivity index (χ4v) is 4.09. The third-order valence-corrected chi connectivity index (χ3v) is 5.87. The Balaban J connectivity index is 1.84. The Morgan fingerprint density at radius 2 is 1.96 bits per heavy atom. The van der Waals surface area contributed by atoms with Gasteiger partial charge in [0.1, 0.15) is 0 Å². The number of amides is 1. The molecule has 1 unspecified atom stereocenters. The van der Waals surface area contributed by atoms with Crippen LogP contribution in [0.5, 0.6) is 0 Å². The molecule has 1 saturated heterocycles. The van der Waals surface area contributed by atoms with Crippen LogP contribution in [-0.2, 0) is 7.05 Å². The van der Waals surface area contributed by atoms with Gasteiger partial charge in [-0.05, 0) is 24.8 Å². The van der Waals surface area contributed by atoms with Gasteiger partial charge in [-0.2, -0.15) is 5.10 Å². The van der Waals surface area contributed by atoms with E-state index in [2.05, 4.69) is 18.9 Å². The van der Waals surface area contributed by atoms with Crippen LogP contribution < -0.4 is 5.73 Å². The summed E-state index contributed by atoms with van der Waals surface area (Å²) in [6.45, 7) is 7.51. The maximum absolute atomic E-state index is 13.6. The molecule has 1 aromatic carbocycles. The molecule has 0 spiro atoms. The quantitative estimate of drug-likeness (QED) is 0.744. The molecule has 0 aliphatic carbocycles. The summed E-state index contributed by atoms with van der Waals surface area (Å²) in [4.78, 5) is 20.3. The van der Waals surface area contributed by atoms with E-state index in [1.165, 1.54) is 0 Å². The average molecular weight is 377 g/mol. The van der Waals surface area contributed by atoms with Gasteiger partial charge in [0, 0.05) is 31.7 Å². The van der Waals surface area contributed by atoms with Gasteiger partial charge in [-0.3, -0.25) is 9.48 Å². The summed E-state index contributed by atoms with van der Waals surface area (Å²) in [6.07, 6.45) is 0.810. The van der Waals surface area contributed by atoms with Crippen LogP contribution in [0.4, 0.5) is 0 Å². The van der Waals surface area contributed by atoms with Crippen LogP contribution in [0, 0.1) is 12.3 Å². The minimum atomic E-state index is -0.105. The maximum Gasteiger partial charge on any atom is 0.254 e. The Bertz CT molecular complexity index is 1040. The maximum atomic E-state index is 13.6. The van der Waals surface area contributed by atoms with E-state index >= 15 is 0 Å². The summed E-state index contributed by atoms with van der Waals surface area (Å²) >= 11 is 0. The third-order valence-electron chi connectivity index (χ3n) is 5.87. The predicted molar refractivity (Wildman–Crippen MR) is 111 cm³/mol. The van der Waals surface area contributed by atoms with Crippen LogP contribution in [0.15, 0.2) is 36.4 Å². The van der Waals surface area contributed by atoms with Gasteiger partial charge in [0.2, 0.25) is 0 Å². The molecule has 4 rings (SSSR count). The lowest BCUT2D eigenvalue weighted by Crippen LogP contribution is -2.54. The Labute approximate surface area is 165 Å². The molecular weight excluding hydrogens is 350 g/mol. The van der Waals surface area contributed by atoms with Crippen molar-refractivity contribution in [3.05, 3.63) is 47.7 Å². The number of benzene rings is 1. The van der Waals surface area contributed by atoms with Crippen LogP contribution in [0.2, 0.25) is 0 Å². The number of aryl methyl sites for hydroxylation is 2. The molecule has 3 heterocycles. The number of aromatic nitrogens is 3. The second-order valence-corrected chi connectivity index (χ2v) is 8.44. The number of carbonyl (C=O) groups is 1. The van der Waals surface area contributed by atoms with Crippen molar-refractivity contribution in [2.24, 2.45) is 18.2 Å². The molecular formula is C22H27N5O. The van der Waals surface area contributed by atoms with Crippen LogP contribution in [0.3, 0.4) is 0 Å². The molecule has 0 bridgehead atoms. The van der Waals surface area contributed by atoms with E-state index in [9.17, 15) is 4.79 Å². The van der Waals surface area contributed by atoms with Gasteiger partial charge in [-0.25, -0.2) is 4.98 Å². The topological polar surface area (TPSA) is 77.0 Å². The lowest BCUT2D eigenvalue weighted by molar-refractivity contribution is 0.0535. The van der Waals surface area contributed by atoms with Crippen molar-refractivity contribution in [2.45, 2.75) is 33.2 Å². The Hall–Kier alpha value is -2.73. The van der Waals surface area contributed by atoms with Crippen molar-refractivity contribution in [1.82, 2.24) is 19.7 Å². The van der Waals surface area contributed by atoms with Gasteiger partial charge in [0.15, 0.2) is 5.65 Å². The molecule has 2 aromatic heterocycles. The molecule has 3 aromatic rings. The fourth-order valence-electron chi connectivity index (χ4n) is 4.09. The number of pyridine rings is 1. The molecule has 1 amide bonds. The predicted octanol–water partition coefficient (Wildman–Crippen LogP) is 3.14. The van der Waals surface area contributed by atoms with E-state index in [4.69, 9.17) is 10.7 Å². The van der Waals surface area contributed by atoms with E-state index in [-0.39, 0.29) is 17.4 Å². The average Bonchev–Trinajstić information content (AvgIpc) is 2.97. The minimum Gasteiger partial charge on any atom is -0.338 e. The van der Waals surface area contributed by atoms with Crippen LogP contribution in [0.1, 0.15) is 36.3 Å². The molecule has 1 aliphatic heterocycles. The summed E-state index contributed by atoms with van der Waals surface area (Å²) in [5.74, 6) is 0.0284. The Morgan fingerprint density at radius 1 is 1.25 bits per heavy atom. The third kappa shape index (κ3) is 3.07. The molecule has 0 radical (unpaired) electrons. The number of nitrogens with two attached hydrogens (primary N) is 1. The van der Waals surface area contributed by atoms with Crippen molar-refractivity contribution in [2.75, 3.05) is 13.1 Å². The van der Waals surface area contributed by atoms with Crippen molar-refractivity contribution in [1.29, 1.82) is 0 Å². The monoisotopic (exact) mass is 377 g/mol. The van der Waals surface area contributed by atoms with E-state index in [0.29, 0.717) is 18.7 Å². The summed E-state index contributed by atoms with van der Waals surface area (Å²) in [5.41, 5.74) is 10.2. The highest BCUT2D eigenvalue weighted by molar-refractivity contribution is 6.07. The zero-order chi connectivity index (χ0) is 20.1. The van der Waals surface area contributed by atoms with E-state index in [1.54, 1.807) is 4.68 Å². The van der Waals surface area contributed by atoms with Gasteiger partial charge in [0.25, 0.3) is 5.91 Å². The lowest BCUT2D eigenvalue weighted by atomic mass is 9.79. The zero-order valence-corrected chi connectivity index (χ0v) is 16.9. The summed E-state index contributed by atoms with van der Waals surface area (Å²) in [6, 6.07) is 12.0. The highest BCUT2D eigenvalue weighted by Gasteiger charge is 2.36. The normalized spacial score (nSPS) is 19.2. The first-order valence-corrected chi connectivity index (χ1v) is 9.72. The second kappa shape index (κ2) is 6.71. The van der Waals surface area contributed by atoms with Gasteiger partial charge < -0.3 is 10.6 Å². The fraction of sp³-hybridized carbons (Fsp3) is 0.409. The first kappa shape index (κ1) is 18.6. The molecule has 146 valence electrons. The Kier molecular flexibility index (Phi) is 4.46. The number of likely N-dealkylation sites (tertiary alicyclic amines) is 1. The van der Waals surface area contributed by atoms with Gasteiger partial charge >= 0.3 is 0 Å². The molecule has 6 nitrogen and oxygen atoms in total. The number of carbonyl (C=O) groups excluding carboxylic acids is 1. The first-order valence-electron chi connectivity index (χ1n) is 9.72. The number of hydrogen-bond donors (Lipinski definition) is 1. The molecule has 1 aliphatic rings. The van der Waals surface area contributed by atoms with Gasteiger partial charge in [-0.1, -0.05) is 44.2 Å². The molecule has 0 saturated carbocycles. The van der Waals surface area contributed by atoms with E-state index < -0.39 is 0 Å². The second-order valence-electron chi connectivity index (χ2n) is 8.44. The molecule has 28 heavy (non-hydrogen) atoms. The van der Waals surface area contributed by atoms with E-state index in [0.717, 1.165) is 34.4 Å². The number of fused-ring (bicyclic) bond motifs is 1. The number of piperidine rings is 1. The zero-order valence-electron chi connectivity index (χ0n) is 16.9. The summed E-state index contributed by atoms with van der Waals surface area (Å²) < 4.78 is 1.75. The van der Waals surface area contributed by atoms with Gasteiger partial charge in [0.05, 0.1) is 22.3 Å². The molecule has 1 fully saturated rings. The van der Waals surface area contributed by atoms with Crippen molar-refractivity contribution >= 4 is 16.9 Å². The summed E-state index contributed by atoms with van der Waals surface area (Å²) in [5, 5.41) is 5.35. The SMILES string of the molecule is Cc1nn(C)c2nc(-c3ccccc3)cc(C(=O)N3CCC(N)C(C)(C)C3)c12. The lowest BCUT2D eigenvalue weighted by Gasteiger charge is -2.42. The Morgan fingerprint density at radius 3 is 2.64 bits per heavy atom. The standard InChI is InChI=1S/C22H27N5O/c1-14-19-16(21(28)27-11-10-18(23)22(2,3)13-27)12-17(15-8-6-5-7-9-15)24-20(19)26(4)25-14/h5-9,12,18H,10-11,13,23H2,1-4H3.